The number of nitrogens with zero attached hydrogens (tertiary/aromatic N) is 1. The van der Waals surface area contributed by atoms with E-state index in [9.17, 15) is 9.50 Å². The normalized spacial score (nSPS) is 12.5. The Morgan fingerprint density at radius 3 is 2.78 bits per heavy atom. The summed E-state index contributed by atoms with van der Waals surface area (Å²) in [5, 5.41) is 13.9. The van der Waals surface area contributed by atoms with Crippen LogP contribution in [0, 0.1) is 12.7 Å². The third kappa shape index (κ3) is 3.73. The van der Waals surface area contributed by atoms with Gasteiger partial charge in [0.05, 0.1) is 18.2 Å². The van der Waals surface area contributed by atoms with Gasteiger partial charge >= 0.3 is 0 Å². The quantitative estimate of drug-likeness (QED) is 0.758. The van der Waals surface area contributed by atoms with Gasteiger partial charge in [0.15, 0.2) is 0 Å². The van der Waals surface area contributed by atoms with Crippen molar-refractivity contribution < 1.29 is 9.50 Å². The first kappa shape index (κ1) is 15.6. The number of fused-ring (bicyclic) bond motifs is 1. The SMILES string of the molecule is Cc1ccc2cc(CNC(CO)c3cccc(F)c3)ccc2n1. The molecule has 3 aromatic rings. The number of rotatable bonds is 5. The minimum Gasteiger partial charge on any atom is -0.394 e. The van der Waals surface area contributed by atoms with Crippen LogP contribution in [-0.4, -0.2) is 16.7 Å². The van der Waals surface area contributed by atoms with Crippen molar-refractivity contribution in [2.75, 3.05) is 6.61 Å². The Labute approximate surface area is 134 Å². The Balaban J connectivity index is 1.75. The van der Waals surface area contributed by atoms with Crippen LogP contribution < -0.4 is 5.32 Å². The fourth-order valence-electron chi connectivity index (χ4n) is 2.64. The van der Waals surface area contributed by atoms with Gasteiger partial charge in [-0.2, -0.15) is 0 Å². The highest BCUT2D eigenvalue weighted by Crippen LogP contribution is 2.17. The monoisotopic (exact) mass is 310 g/mol. The molecule has 0 radical (unpaired) electrons. The molecular formula is C19H19FN2O. The molecule has 1 heterocycles. The topological polar surface area (TPSA) is 45.1 Å². The molecule has 0 saturated heterocycles. The van der Waals surface area contributed by atoms with Gasteiger partial charge in [-0.1, -0.05) is 24.3 Å². The zero-order valence-corrected chi connectivity index (χ0v) is 13.0. The number of aryl methyl sites for hydroxylation is 1. The van der Waals surface area contributed by atoms with Gasteiger partial charge in [-0.05, 0) is 48.4 Å². The summed E-state index contributed by atoms with van der Waals surface area (Å²) in [7, 11) is 0. The van der Waals surface area contributed by atoms with Crippen molar-refractivity contribution in [1.82, 2.24) is 10.3 Å². The minimum atomic E-state index is -0.296. The second kappa shape index (κ2) is 6.86. The summed E-state index contributed by atoms with van der Waals surface area (Å²) in [4.78, 5) is 4.48. The first-order valence-electron chi connectivity index (χ1n) is 7.62. The number of hydrogen-bond donors (Lipinski definition) is 2. The number of benzene rings is 2. The maximum Gasteiger partial charge on any atom is 0.123 e. The Hall–Kier alpha value is -2.30. The van der Waals surface area contributed by atoms with Crippen LogP contribution >= 0.6 is 0 Å². The fraction of sp³-hybridized carbons (Fsp3) is 0.211. The maximum atomic E-state index is 13.3. The van der Waals surface area contributed by atoms with Gasteiger partial charge in [-0.15, -0.1) is 0 Å². The van der Waals surface area contributed by atoms with Crippen LogP contribution in [0.15, 0.2) is 54.6 Å². The van der Waals surface area contributed by atoms with Gasteiger partial charge in [0.25, 0.3) is 0 Å². The molecule has 1 unspecified atom stereocenters. The predicted molar refractivity (Wildman–Crippen MR) is 89.5 cm³/mol. The number of aliphatic hydroxyl groups excluding tert-OH is 1. The molecule has 0 amide bonds. The first-order chi connectivity index (χ1) is 11.2. The third-order valence-corrected chi connectivity index (χ3v) is 3.88. The van der Waals surface area contributed by atoms with Crippen molar-refractivity contribution in [2.45, 2.75) is 19.5 Å². The van der Waals surface area contributed by atoms with Crippen LogP contribution in [-0.2, 0) is 6.54 Å². The van der Waals surface area contributed by atoms with E-state index in [0.717, 1.165) is 27.7 Å². The van der Waals surface area contributed by atoms with Gasteiger partial charge in [-0.25, -0.2) is 4.39 Å². The summed E-state index contributed by atoms with van der Waals surface area (Å²) in [6.45, 7) is 2.48. The van der Waals surface area contributed by atoms with Crippen LogP contribution in [0.25, 0.3) is 10.9 Å². The second-order valence-electron chi connectivity index (χ2n) is 5.65. The summed E-state index contributed by atoms with van der Waals surface area (Å²) in [6, 6.07) is 16.1. The van der Waals surface area contributed by atoms with Crippen LogP contribution in [0.4, 0.5) is 4.39 Å². The van der Waals surface area contributed by atoms with E-state index in [4.69, 9.17) is 0 Å². The van der Waals surface area contributed by atoms with E-state index < -0.39 is 0 Å². The van der Waals surface area contributed by atoms with Crippen LogP contribution in [0.2, 0.25) is 0 Å². The molecule has 118 valence electrons. The Morgan fingerprint density at radius 2 is 2.00 bits per heavy atom. The molecule has 0 bridgehead atoms. The maximum absolute atomic E-state index is 13.3. The van der Waals surface area contributed by atoms with Crippen LogP contribution in [0.3, 0.4) is 0 Å². The molecule has 0 fully saturated rings. The first-order valence-corrected chi connectivity index (χ1v) is 7.62. The van der Waals surface area contributed by atoms with E-state index in [2.05, 4.69) is 22.4 Å². The fourth-order valence-corrected chi connectivity index (χ4v) is 2.64. The standard InChI is InChI=1S/C19H19FN2O/c1-13-5-7-16-9-14(6-8-18(16)22-13)11-21-19(12-23)15-3-2-4-17(20)10-15/h2-10,19,21,23H,11-12H2,1H3. The van der Waals surface area contributed by atoms with Gasteiger partial charge in [0, 0.05) is 17.6 Å². The largest absolute Gasteiger partial charge is 0.394 e. The van der Waals surface area contributed by atoms with Crippen molar-refractivity contribution in [3.63, 3.8) is 0 Å². The van der Waals surface area contributed by atoms with Crippen molar-refractivity contribution in [3.8, 4) is 0 Å². The second-order valence-corrected chi connectivity index (χ2v) is 5.65. The molecule has 2 aromatic carbocycles. The molecule has 4 heteroatoms. The van der Waals surface area contributed by atoms with E-state index in [0.29, 0.717) is 6.54 Å². The number of pyridine rings is 1. The highest BCUT2D eigenvalue weighted by Gasteiger charge is 2.10. The van der Waals surface area contributed by atoms with E-state index >= 15 is 0 Å². The summed E-state index contributed by atoms with van der Waals surface area (Å²) in [6.07, 6.45) is 0. The Bertz CT molecular complexity index is 819. The number of nitrogens with one attached hydrogen (secondary N) is 1. The lowest BCUT2D eigenvalue weighted by Crippen LogP contribution is -2.24. The minimum absolute atomic E-state index is 0.0855. The Morgan fingerprint density at radius 1 is 1.13 bits per heavy atom. The van der Waals surface area contributed by atoms with Gasteiger partial charge in [0.1, 0.15) is 5.82 Å². The summed E-state index contributed by atoms with van der Waals surface area (Å²) in [5.41, 5.74) is 3.80. The number of halogens is 1. The zero-order chi connectivity index (χ0) is 16.2. The predicted octanol–water partition coefficient (Wildman–Crippen LogP) is 3.51. The van der Waals surface area contributed by atoms with Crippen molar-refractivity contribution in [3.05, 3.63) is 77.2 Å². The molecule has 23 heavy (non-hydrogen) atoms. The van der Waals surface area contributed by atoms with Crippen molar-refractivity contribution >= 4 is 10.9 Å². The molecule has 1 aromatic heterocycles. The Kier molecular flexibility index (Phi) is 4.65. The molecule has 3 rings (SSSR count). The smallest absolute Gasteiger partial charge is 0.123 e. The molecule has 0 aliphatic heterocycles. The lowest BCUT2D eigenvalue weighted by atomic mass is 10.1. The van der Waals surface area contributed by atoms with E-state index in [1.807, 2.05) is 31.2 Å². The molecule has 0 aliphatic carbocycles. The van der Waals surface area contributed by atoms with Crippen LogP contribution in [0.1, 0.15) is 22.9 Å². The lowest BCUT2D eigenvalue weighted by Gasteiger charge is -2.17. The summed E-state index contributed by atoms with van der Waals surface area (Å²) < 4.78 is 13.3. The number of aromatic nitrogens is 1. The van der Waals surface area contributed by atoms with Gasteiger partial charge in [-0.3, -0.25) is 4.98 Å². The summed E-state index contributed by atoms with van der Waals surface area (Å²) >= 11 is 0. The number of aliphatic hydroxyl groups is 1. The van der Waals surface area contributed by atoms with E-state index in [1.54, 1.807) is 6.07 Å². The van der Waals surface area contributed by atoms with Gasteiger partial charge < -0.3 is 10.4 Å². The molecule has 0 aliphatic rings. The summed E-state index contributed by atoms with van der Waals surface area (Å²) in [5.74, 6) is -0.296. The lowest BCUT2D eigenvalue weighted by molar-refractivity contribution is 0.243. The van der Waals surface area contributed by atoms with Crippen LogP contribution in [0.5, 0.6) is 0 Å². The highest BCUT2D eigenvalue weighted by atomic mass is 19.1. The van der Waals surface area contributed by atoms with Crippen molar-refractivity contribution in [1.29, 1.82) is 0 Å². The molecule has 1 atom stereocenters. The zero-order valence-electron chi connectivity index (χ0n) is 13.0. The average molecular weight is 310 g/mol. The molecule has 0 spiro atoms. The molecule has 2 N–H and O–H groups in total. The van der Waals surface area contributed by atoms with Gasteiger partial charge in [0.2, 0.25) is 0 Å². The number of hydrogen-bond acceptors (Lipinski definition) is 3. The molecular weight excluding hydrogens is 291 g/mol. The highest BCUT2D eigenvalue weighted by molar-refractivity contribution is 5.79. The third-order valence-electron chi connectivity index (χ3n) is 3.88. The van der Waals surface area contributed by atoms with Crippen molar-refractivity contribution in [2.24, 2.45) is 0 Å². The molecule has 0 saturated carbocycles. The molecule has 3 nitrogen and oxygen atoms in total. The average Bonchev–Trinajstić information content (AvgIpc) is 2.55. The van der Waals surface area contributed by atoms with E-state index in [1.165, 1.54) is 12.1 Å². The van der Waals surface area contributed by atoms with E-state index in [-0.39, 0.29) is 18.5 Å².